The molecule has 2 rings (SSSR count). The highest BCUT2D eigenvalue weighted by Crippen LogP contribution is 2.20. The monoisotopic (exact) mass is 340 g/mol. The molecule has 1 N–H and O–H groups in total. The molecule has 19 heavy (non-hydrogen) atoms. The Morgan fingerprint density at radius 3 is 2.95 bits per heavy atom. The first-order chi connectivity index (χ1) is 9.06. The lowest BCUT2D eigenvalue weighted by Crippen LogP contribution is -2.22. The van der Waals surface area contributed by atoms with Crippen molar-refractivity contribution in [2.24, 2.45) is 7.05 Å². The number of carbonyl (C=O) groups excluding carboxylic acids is 1. The molecule has 0 aliphatic rings. The van der Waals surface area contributed by atoms with Gasteiger partial charge >= 0.3 is 0 Å². The summed E-state index contributed by atoms with van der Waals surface area (Å²) in [6.07, 6.45) is 3.30. The molecule has 0 aliphatic carbocycles. The van der Waals surface area contributed by atoms with Gasteiger partial charge in [-0.25, -0.2) is 0 Å². The molecule has 0 fully saturated rings. The van der Waals surface area contributed by atoms with Crippen LogP contribution < -0.4 is 5.32 Å². The minimum atomic E-state index is -0.148. The third-order valence-corrected chi connectivity index (χ3v) is 4.25. The van der Waals surface area contributed by atoms with Crippen molar-refractivity contribution >= 4 is 39.2 Å². The van der Waals surface area contributed by atoms with E-state index < -0.39 is 0 Å². The van der Waals surface area contributed by atoms with Gasteiger partial charge in [0.25, 0.3) is 0 Å². The number of rotatable bonds is 4. The van der Waals surface area contributed by atoms with Gasteiger partial charge in [-0.3, -0.25) is 4.79 Å². The average Bonchev–Trinajstić information content (AvgIpc) is 2.93. The van der Waals surface area contributed by atoms with E-state index in [0.717, 1.165) is 21.0 Å². The molecule has 0 aliphatic heterocycles. The van der Waals surface area contributed by atoms with Gasteiger partial charge in [0.15, 0.2) is 5.82 Å². The molecular weight excluding hydrogens is 328 g/mol. The maximum absolute atomic E-state index is 11.7. The summed E-state index contributed by atoms with van der Waals surface area (Å²) in [5, 5.41) is 12.7. The van der Waals surface area contributed by atoms with Crippen LogP contribution in [0.15, 0.2) is 22.0 Å². The first-order valence-electron chi connectivity index (χ1n) is 5.61. The topological polar surface area (TPSA) is 59.8 Å². The van der Waals surface area contributed by atoms with E-state index in [0.29, 0.717) is 6.54 Å². The molecule has 0 atom stereocenters. The fourth-order valence-electron chi connectivity index (χ4n) is 1.40. The molecule has 5 nitrogen and oxygen atoms in total. The maximum Gasteiger partial charge on any atom is 0.244 e. The summed E-state index contributed by atoms with van der Waals surface area (Å²) in [4.78, 5) is 12.7. The minimum Gasteiger partial charge on any atom is -0.345 e. The van der Waals surface area contributed by atoms with Crippen molar-refractivity contribution in [1.29, 1.82) is 0 Å². The van der Waals surface area contributed by atoms with Gasteiger partial charge < -0.3 is 9.88 Å². The lowest BCUT2D eigenvalue weighted by atomic mass is 10.4. The molecule has 2 aromatic rings. The zero-order chi connectivity index (χ0) is 13.8. The van der Waals surface area contributed by atoms with Crippen LogP contribution in [0.25, 0.3) is 6.08 Å². The first kappa shape index (κ1) is 14.0. The molecule has 0 saturated carbocycles. The highest BCUT2D eigenvalue weighted by Gasteiger charge is 2.05. The summed E-state index contributed by atoms with van der Waals surface area (Å²) >= 11 is 4.94. The zero-order valence-corrected chi connectivity index (χ0v) is 13.0. The minimum absolute atomic E-state index is 0.148. The van der Waals surface area contributed by atoms with E-state index in [9.17, 15) is 4.79 Å². The smallest absolute Gasteiger partial charge is 0.244 e. The predicted octanol–water partition coefficient (Wildman–Crippen LogP) is 2.28. The number of nitrogens with one attached hydrogen (secondary N) is 1. The molecule has 100 valence electrons. The number of hydrogen-bond acceptors (Lipinski definition) is 4. The Kier molecular flexibility index (Phi) is 4.49. The van der Waals surface area contributed by atoms with E-state index in [1.54, 1.807) is 17.4 Å². The molecule has 2 heterocycles. The summed E-state index contributed by atoms with van der Waals surface area (Å²) in [7, 11) is 1.87. The summed E-state index contributed by atoms with van der Waals surface area (Å²) in [5.41, 5.74) is 0. The molecule has 0 radical (unpaired) electrons. The van der Waals surface area contributed by atoms with Crippen molar-refractivity contribution in [3.05, 3.63) is 38.5 Å². The first-order valence-corrected chi connectivity index (χ1v) is 7.28. The number of halogens is 1. The van der Waals surface area contributed by atoms with Gasteiger partial charge in [0, 0.05) is 27.9 Å². The van der Waals surface area contributed by atoms with Gasteiger partial charge in [-0.15, -0.1) is 21.5 Å². The quantitative estimate of drug-likeness (QED) is 0.868. The number of thiophene rings is 1. The van der Waals surface area contributed by atoms with Gasteiger partial charge in [-0.2, -0.15) is 0 Å². The fourth-order valence-corrected chi connectivity index (χ4v) is 2.74. The Hall–Kier alpha value is -1.47. The highest BCUT2D eigenvalue weighted by molar-refractivity contribution is 9.10. The molecule has 7 heteroatoms. The van der Waals surface area contributed by atoms with E-state index in [4.69, 9.17) is 0 Å². The number of aryl methyl sites for hydroxylation is 1. The van der Waals surface area contributed by atoms with Crippen LogP contribution in [-0.2, 0) is 18.4 Å². The zero-order valence-electron chi connectivity index (χ0n) is 10.6. The average molecular weight is 341 g/mol. The lowest BCUT2D eigenvalue weighted by molar-refractivity contribution is -0.116. The molecule has 0 unspecified atom stereocenters. The molecule has 0 bridgehead atoms. The van der Waals surface area contributed by atoms with Crippen molar-refractivity contribution in [3.8, 4) is 0 Å². The Morgan fingerprint density at radius 1 is 1.58 bits per heavy atom. The van der Waals surface area contributed by atoms with Crippen molar-refractivity contribution in [2.45, 2.75) is 13.5 Å². The Balaban J connectivity index is 1.88. The van der Waals surface area contributed by atoms with E-state index in [2.05, 4.69) is 31.4 Å². The van der Waals surface area contributed by atoms with Crippen LogP contribution in [0, 0.1) is 6.92 Å². The van der Waals surface area contributed by atoms with Crippen LogP contribution in [0.3, 0.4) is 0 Å². The fraction of sp³-hybridized carbons (Fsp3) is 0.250. The van der Waals surface area contributed by atoms with Gasteiger partial charge in [0.2, 0.25) is 5.91 Å². The number of aromatic nitrogens is 3. The van der Waals surface area contributed by atoms with Gasteiger partial charge in [0.05, 0.1) is 6.54 Å². The van der Waals surface area contributed by atoms with E-state index in [1.165, 1.54) is 6.08 Å². The maximum atomic E-state index is 11.7. The van der Waals surface area contributed by atoms with Crippen molar-refractivity contribution in [3.63, 3.8) is 0 Å². The van der Waals surface area contributed by atoms with E-state index in [-0.39, 0.29) is 5.91 Å². The largest absolute Gasteiger partial charge is 0.345 e. The number of amides is 1. The van der Waals surface area contributed by atoms with Gasteiger partial charge in [-0.1, -0.05) is 0 Å². The van der Waals surface area contributed by atoms with E-state index in [1.807, 2.05) is 30.0 Å². The highest BCUT2D eigenvalue weighted by atomic mass is 79.9. The second-order valence-electron chi connectivity index (χ2n) is 3.94. The second kappa shape index (κ2) is 6.12. The number of hydrogen-bond donors (Lipinski definition) is 1. The lowest BCUT2D eigenvalue weighted by Gasteiger charge is -2.02. The third kappa shape index (κ3) is 3.74. The van der Waals surface area contributed by atoms with Crippen molar-refractivity contribution < 1.29 is 4.79 Å². The summed E-state index contributed by atoms with van der Waals surface area (Å²) < 4.78 is 2.87. The number of carbonyl (C=O) groups is 1. The Bertz CT molecular complexity index is 617. The molecular formula is C12H13BrN4OS. The summed E-state index contributed by atoms with van der Waals surface area (Å²) in [6, 6.07) is 1.96. The third-order valence-electron chi connectivity index (χ3n) is 2.59. The van der Waals surface area contributed by atoms with Gasteiger partial charge in [-0.05, 0) is 35.0 Å². The van der Waals surface area contributed by atoms with Gasteiger partial charge in [0.1, 0.15) is 5.82 Å². The van der Waals surface area contributed by atoms with Crippen LogP contribution in [-0.4, -0.2) is 20.7 Å². The standard InChI is InChI=1S/C12H13BrN4OS/c1-8-15-16-11(17(8)2)6-14-12(18)4-3-10-5-9(13)7-19-10/h3-5,7H,6H2,1-2H3,(H,14,18). The summed E-state index contributed by atoms with van der Waals surface area (Å²) in [5.74, 6) is 1.41. The second-order valence-corrected chi connectivity index (χ2v) is 5.80. The molecule has 0 spiro atoms. The predicted molar refractivity (Wildman–Crippen MR) is 78.6 cm³/mol. The van der Waals surface area contributed by atoms with Crippen molar-refractivity contribution in [1.82, 2.24) is 20.1 Å². The summed E-state index contributed by atoms with van der Waals surface area (Å²) in [6.45, 7) is 2.24. The molecule has 0 saturated heterocycles. The number of nitrogens with zero attached hydrogens (tertiary/aromatic N) is 3. The van der Waals surface area contributed by atoms with E-state index >= 15 is 0 Å². The van der Waals surface area contributed by atoms with Crippen LogP contribution >= 0.6 is 27.3 Å². The van der Waals surface area contributed by atoms with Crippen LogP contribution in [0.4, 0.5) is 0 Å². The normalized spacial score (nSPS) is 11.1. The Labute approximate surface area is 123 Å². The molecule has 0 aromatic carbocycles. The van der Waals surface area contributed by atoms with Crippen LogP contribution in [0.2, 0.25) is 0 Å². The molecule has 2 aromatic heterocycles. The van der Waals surface area contributed by atoms with Crippen LogP contribution in [0.1, 0.15) is 16.5 Å². The Morgan fingerprint density at radius 2 is 2.37 bits per heavy atom. The SMILES string of the molecule is Cc1nnc(CNC(=O)C=Cc2cc(Br)cs2)n1C. The van der Waals surface area contributed by atoms with Crippen LogP contribution in [0.5, 0.6) is 0 Å². The molecule has 1 amide bonds. The van der Waals surface area contributed by atoms with Crippen molar-refractivity contribution in [2.75, 3.05) is 0 Å².